The third-order valence-corrected chi connectivity index (χ3v) is 1.22. The second kappa shape index (κ2) is 1.51. The highest BCUT2D eigenvalue weighted by molar-refractivity contribution is 5.93. The van der Waals surface area contributed by atoms with Crippen LogP contribution in [0.3, 0.4) is 0 Å². The molecule has 3 N–H and O–H groups in total. The van der Waals surface area contributed by atoms with E-state index in [0.29, 0.717) is 17.8 Å². The van der Waals surface area contributed by atoms with Gasteiger partial charge >= 0.3 is 0 Å². The van der Waals surface area contributed by atoms with Crippen molar-refractivity contribution in [2.45, 2.75) is 6.92 Å². The van der Waals surface area contributed by atoms with E-state index < -0.39 is 0 Å². The molecule has 44 valence electrons. The largest absolute Gasteiger partial charge is 0.493 e. The lowest BCUT2D eigenvalue weighted by Crippen LogP contribution is -2.01. The maximum atomic E-state index is 8.78. The van der Waals surface area contributed by atoms with Crippen molar-refractivity contribution in [3.8, 4) is 0 Å². The second-order valence-electron chi connectivity index (χ2n) is 1.79. The molecule has 0 saturated carbocycles. The summed E-state index contributed by atoms with van der Waals surface area (Å²) in [5, 5.41) is 8.78. The van der Waals surface area contributed by atoms with Gasteiger partial charge in [0.05, 0.1) is 6.54 Å². The Balaban J connectivity index is 2.88. The van der Waals surface area contributed by atoms with Gasteiger partial charge < -0.3 is 10.8 Å². The zero-order chi connectivity index (χ0) is 6.15. The van der Waals surface area contributed by atoms with Crippen molar-refractivity contribution in [2.75, 3.05) is 6.54 Å². The van der Waals surface area contributed by atoms with Crippen LogP contribution in [0.2, 0.25) is 0 Å². The van der Waals surface area contributed by atoms with Crippen molar-refractivity contribution in [1.82, 2.24) is 0 Å². The Kier molecular flexibility index (Phi) is 0.970. The number of hydrogen-bond acceptors (Lipinski definition) is 2. The predicted molar refractivity (Wildman–Crippen MR) is 31.8 cm³/mol. The van der Waals surface area contributed by atoms with E-state index >= 15 is 0 Å². The summed E-state index contributed by atoms with van der Waals surface area (Å²) < 4.78 is 0. The van der Waals surface area contributed by atoms with Crippen LogP contribution in [0.1, 0.15) is 6.92 Å². The molecule has 1 heterocycles. The normalized spacial score (nSPS) is 19.4. The Morgan fingerprint density at radius 1 is 1.75 bits per heavy atom. The molecule has 0 amide bonds. The Morgan fingerprint density at radius 2 is 2.38 bits per heavy atom. The zero-order valence-electron chi connectivity index (χ0n) is 4.68. The molecular formula is C5H8N2O. The van der Waals surface area contributed by atoms with Crippen molar-refractivity contribution in [3.63, 3.8) is 0 Å². The standard InChI is InChI=1S/C5H8N2O/c1-3-4(6)2-7-5(3)8/h2,6H2,1H3,(H,7,8). The highest BCUT2D eigenvalue weighted by Gasteiger charge is 2.09. The van der Waals surface area contributed by atoms with Crippen LogP contribution in [0.5, 0.6) is 0 Å². The Bertz CT molecular complexity index is 164. The topological polar surface area (TPSA) is 58.6 Å². The van der Waals surface area contributed by atoms with Gasteiger partial charge in [0.2, 0.25) is 5.90 Å². The fourth-order valence-corrected chi connectivity index (χ4v) is 0.541. The maximum Gasteiger partial charge on any atom is 0.211 e. The first-order valence-electron chi connectivity index (χ1n) is 2.41. The average molecular weight is 112 g/mol. The van der Waals surface area contributed by atoms with Gasteiger partial charge in [0.25, 0.3) is 0 Å². The van der Waals surface area contributed by atoms with Gasteiger partial charge in [-0.25, -0.2) is 4.99 Å². The van der Waals surface area contributed by atoms with Crippen molar-refractivity contribution in [1.29, 1.82) is 0 Å². The minimum absolute atomic E-state index is 0.0856. The van der Waals surface area contributed by atoms with E-state index in [0.717, 1.165) is 0 Å². The number of nitrogens with zero attached hydrogens (tertiary/aromatic N) is 1. The predicted octanol–water partition coefficient (Wildman–Crippen LogP) is 0.189. The minimum atomic E-state index is 0.0856. The summed E-state index contributed by atoms with van der Waals surface area (Å²) in [6, 6.07) is 0. The Morgan fingerprint density at radius 3 is 2.50 bits per heavy atom. The lowest BCUT2D eigenvalue weighted by molar-refractivity contribution is 0.553. The van der Waals surface area contributed by atoms with Crippen LogP contribution < -0.4 is 5.73 Å². The molecule has 0 aromatic rings. The molecule has 0 saturated heterocycles. The third-order valence-electron chi connectivity index (χ3n) is 1.22. The summed E-state index contributed by atoms with van der Waals surface area (Å²) in [6.07, 6.45) is 0. The second-order valence-corrected chi connectivity index (χ2v) is 1.79. The fourth-order valence-electron chi connectivity index (χ4n) is 0.541. The lowest BCUT2D eigenvalue weighted by Gasteiger charge is -1.89. The first kappa shape index (κ1) is 5.15. The van der Waals surface area contributed by atoms with Gasteiger partial charge in [0.1, 0.15) is 0 Å². The minimum Gasteiger partial charge on any atom is -0.493 e. The van der Waals surface area contributed by atoms with E-state index in [1.54, 1.807) is 6.92 Å². The molecule has 0 radical (unpaired) electrons. The van der Waals surface area contributed by atoms with Crippen molar-refractivity contribution in [3.05, 3.63) is 11.3 Å². The molecule has 0 unspecified atom stereocenters. The van der Waals surface area contributed by atoms with Crippen LogP contribution in [0.4, 0.5) is 0 Å². The van der Waals surface area contributed by atoms with E-state index in [4.69, 9.17) is 10.8 Å². The number of aliphatic imine (C=N–C) groups is 1. The van der Waals surface area contributed by atoms with Crippen LogP contribution >= 0.6 is 0 Å². The van der Waals surface area contributed by atoms with E-state index in [1.807, 2.05) is 0 Å². The van der Waals surface area contributed by atoms with Crippen molar-refractivity contribution in [2.24, 2.45) is 10.7 Å². The molecule has 0 bridgehead atoms. The molecular weight excluding hydrogens is 104 g/mol. The quantitative estimate of drug-likeness (QED) is 0.470. The molecule has 1 aliphatic rings. The van der Waals surface area contributed by atoms with E-state index in [1.165, 1.54) is 0 Å². The van der Waals surface area contributed by atoms with Crippen LogP contribution in [-0.2, 0) is 0 Å². The first-order valence-corrected chi connectivity index (χ1v) is 2.41. The molecule has 8 heavy (non-hydrogen) atoms. The summed E-state index contributed by atoms with van der Waals surface area (Å²) in [4.78, 5) is 3.67. The van der Waals surface area contributed by atoms with Gasteiger partial charge in [-0.3, -0.25) is 0 Å². The molecule has 3 nitrogen and oxygen atoms in total. The molecule has 0 aromatic carbocycles. The van der Waals surface area contributed by atoms with Crippen LogP contribution in [0.25, 0.3) is 0 Å². The molecule has 0 spiro atoms. The van der Waals surface area contributed by atoms with Gasteiger partial charge in [-0.05, 0) is 6.92 Å². The zero-order valence-corrected chi connectivity index (χ0v) is 4.68. The average Bonchev–Trinajstić information content (AvgIpc) is 1.98. The highest BCUT2D eigenvalue weighted by Crippen LogP contribution is 2.06. The Hall–Kier alpha value is -0.990. The molecule has 3 heteroatoms. The number of aliphatic hydroxyl groups excluding tert-OH is 1. The summed E-state index contributed by atoms with van der Waals surface area (Å²) in [6.45, 7) is 2.21. The first-order chi connectivity index (χ1) is 3.72. The SMILES string of the molecule is CC1=C(N)CN=C1O. The van der Waals surface area contributed by atoms with Crippen molar-refractivity contribution < 1.29 is 5.11 Å². The smallest absolute Gasteiger partial charge is 0.211 e. The monoisotopic (exact) mass is 112 g/mol. The van der Waals surface area contributed by atoms with E-state index in [-0.39, 0.29) is 5.90 Å². The summed E-state index contributed by atoms with van der Waals surface area (Å²) in [7, 11) is 0. The van der Waals surface area contributed by atoms with Gasteiger partial charge in [-0.15, -0.1) is 0 Å². The lowest BCUT2D eigenvalue weighted by atomic mass is 10.3. The van der Waals surface area contributed by atoms with Gasteiger partial charge in [-0.1, -0.05) is 0 Å². The third kappa shape index (κ3) is 0.559. The van der Waals surface area contributed by atoms with Gasteiger partial charge in [-0.2, -0.15) is 0 Å². The Labute approximate surface area is 47.5 Å². The molecule has 0 aliphatic carbocycles. The summed E-state index contributed by atoms with van der Waals surface area (Å²) in [5.41, 5.74) is 6.76. The van der Waals surface area contributed by atoms with E-state index in [2.05, 4.69) is 4.99 Å². The van der Waals surface area contributed by atoms with Crippen LogP contribution in [0, 0.1) is 0 Å². The number of aliphatic hydroxyl groups is 1. The molecule has 0 fully saturated rings. The number of rotatable bonds is 0. The summed E-state index contributed by atoms with van der Waals surface area (Å²) >= 11 is 0. The number of nitrogens with two attached hydrogens (primary N) is 1. The molecule has 1 rings (SSSR count). The van der Waals surface area contributed by atoms with Crippen LogP contribution in [0.15, 0.2) is 16.3 Å². The maximum absolute atomic E-state index is 8.78. The summed E-state index contributed by atoms with van der Waals surface area (Å²) in [5.74, 6) is 0.0856. The van der Waals surface area contributed by atoms with Crippen LogP contribution in [-0.4, -0.2) is 17.5 Å². The van der Waals surface area contributed by atoms with Gasteiger partial charge in [0.15, 0.2) is 0 Å². The molecule has 0 aromatic heterocycles. The van der Waals surface area contributed by atoms with Crippen molar-refractivity contribution >= 4 is 5.90 Å². The highest BCUT2D eigenvalue weighted by atomic mass is 16.3. The number of hydrogen-bond donors (Lipinski definition) is 2. The molecule has 1 aliphatic heterocycles. The van der Waals surface area contributed by atoms with Gasteiger partial charge in [0, 0.05) is 11.3 Å². The van der Waals surface area contributed by atoms with E-state index in [9.17, 15) is 0 Å². The molecule has 0 atom stereocenters. The fraction of sp³-hybridized carbons (Fsp3) is 0.400.